The van der Waals surface area contributed by atoms with Gasteiger partial charge in [-0.1, -0.05) is 0 Å². The molecule has 7 heteroatoms. The van der Waals surface area contributed by atoms with E-state index in [0.29, 0.717) is 12.4 Å². The number of aliphatic hydroxyl groups excluding tert-OH is 1. The van der Waals surface area contributed by atoms with Crippen LogP contribution in [0.2, 0.25) is 0 Å². The number of nitrogen functional groups attached to an aromatic ring is 1. The van der Waals surface area contributed by atoms with Crippen LogP contribution in [-0.2, 0) is 0 Å². The fourth-order valence-electron chi connectivity index (χ4n) is 2.47. The first kappa shape index (κ1) is 14.8. The molecule has 0 bridgehead atoms. The van der Waals surface area contributed by atoms with Crippen LogP contribution in [0.5, 0.6) is 6.01 Å². The Balaban J connectivity index is 2.22. The van der Waals surface area contributed by atoms with Gasteiger partial charge < -0.3 is 20.5 Å². The molecule has 0 aromatic carbocycles. The number of rotatable bonds is 5. The lowest BCUT2D eigenvalue weighted by Gasteiger charge is -2.35. The van der Waals surface area contributed by atoms with Crippen LogP contribution in [0.3, 0.4) is 0 Å². The molecule has 7 nitrogen and oxygen atoms in total. The summed E-state index contributed by atoms with van der Waals surface area (Å²) < 4.78 is 5.50. The van der Waals surface area contributed by atoms with Gasteiger partial charge in [0.15, 0.2) is 0 Å². The third-order valence-corrected chi connectivity index (χ3v) is 3.31. The molecule has 0 spiro atoms. The van der Waals surface area contributed by atoms with E-state index < -0.39 is 0 Å². The van der Waals surface area contributed by atoms with E-state index in [0.717, 1.165) is 25.8 Å². The Morgan fingerprint density at radius 1 is 1.35 bits per heavy atom. The van der Waals surface area contributed by atoms with Crippen LogP contribution in [0.4, 0.5) is 11.9 Å². The molecule has 1 aromatic heterocycles. The van der Waals surface area contributed by atoms with Crippen molar-refractivity contribution in [3.63, 3.8) is 0 Å². The number of hydrogen-bond donors (Lipinski definition) is 2. The zero-order chi connectivity index (χ0) is 14.5. The molecule has 1 fully saturated rings. The van der Waals surface area contributed by atoms with Crippen molar-refractivity contribution in [1.29, 1.82) is 0 Å². The fraction of sp³-hybridized carbons (Fsp3) is 0.769. The average molecular weight is 281 g/mol. The van der Waals surface area contributed by atoms with Gasteiger partial charge in [-0.15, -0.1) is 0 Å². The van der Waals surface area contributed by atoms with Crippen LogP contribution in [0.15, 0.2) is 0 Å². The summed E-state index contributed by atoms with van der Waals surface area (Å²) in [5, 5.41) is 9.18. The van der Waals surface area contributed by atoms with Crippen LogP contribution in [0.25, 0.3) is 0 Å². The van der Waals surface area contributed by atoms with Crippen molar-refractivity contribution in [2.45, 2.75) is 51.7 Å². The molecule has 1 unspecified atom stereocenters. The first-order chi connectivity index (χ1) is 9.60. The van der Waals surface area contributed by atoms with Crippen LogP contribution >= 0.6 is 0 Å². The van der Waals surface area contributed by atoms with Gasteiger partial charge in [0.2, 0.25) is 11.9 Å². The largest absolute Gasteiger partial charge is 0.461 e. The zero-order valence-corrected chi connectivity index (χ0v) is 12.1. The highest BCUT2D eigenvalue weighted by atomic mass is 16.5. The van der Waals surface area contributed by atoms with Crippen molar-refractivity contribution < 1.29 is 9.84 Å². The van der Waals surface area contributed by atoms with E-state index in [9.17, 15) is 5.11 Å². The molecule has 112 valence electrons. The molecule has 1 aromatic rings. The molecule has 1 saturated heterocycles. The lowest BCUT2D eigenvalue weighted by molar-refractivity contribution is 0.221. The minimum absolute atomic E-state index is 0.0146. The number of nitrogens with two attached hydrogens (primary N) is 1. The molecule has 0 aliphatic carbocycles. The molecule has 1 aliphatic rings. The highest BCUT2D eigenvalue weighted by Crippen LogP contribution is 2.25. The Hall–Kier alpha value is -1.63. The number of ether oxygens (including phenoxy) is 1. The summed E-state index contributed by atoms with van der Waals surface area (Å²) >= 11 is 0. The maximum atomic E-state index is 9.18. The molecular weight excluding hydrogens is 258 g/mol. The second-order valence-corrected chi connectivity index (χ2v) is 5.30. The van der Waals surface area contributed by atoms with Gasteiger partial charge in [-0.3, -0.25) is 0 Å². The second kappa shape index (κ2) is 6.69. The number of aromatic nitrogens is 3. The average Bonchev–Trinajstić information content (AvgIpc) is 2.38. The van der Waals surface area contributed by atoms with E-state index in [2.05, 4.69) is 19.9 Å². The Labute approximate surface area is 119 Å². The van der Waals surface area contributed by atoms with Gasteiger partial charge in [-0.05, 0) is 39.5 Å². The smallest absolute Gasteiger partial charge is 0.323 e. The predicted molar refractivity (Wildman–Crippen MR) is 76.7 cm³/mol. The van der Waals surface area contributed by atoms with Crippen LogP contribution in [-0.4, -0.2) is 45.4 Å². The van der Waals surface area contributed by atoms with Crippen molar-refractivity contribution in [1.82, 2.24) is 15.0 Å². The van der Waals surface area contributed by atoms with Gasteiger partial charge in [-0.25, -0.2) is 0 Å². The van der Waals surface area contributed by atoms with E-state index in [1.54, 1.807) is 0 Å². The topological polar surface area (TPSA) is 97.4 Å². The standard InChI is InChI=1S/C13H23N5O2/c1-9(2)20-13-16-11(14)15-12(17-13)18-7-4-3-5-10(18)6-8-19/h9-10,19H,3-8H2,1-2H3,(H2,14,15,16,17). The highest BCUT2D eigenvalue weighted by Gasteiger charge is 2.25. The minimum Gasteiger partial charge on any atom is -0.461 e. The van der Waals surface area contributed by atoms with Crippen molar-refractivity contribution in [2.24, 2.45) is 0 Å². The summed E-state index contributed by atoms with van der Waals surface area (Å²) in [6.45, 7) is 4.86. The van der Waals surface area contributed by atoms with Gasteiger partial charge in [0, 0.05) is 19.2 Å². The summed E-state index contributed by atoms with van der Waals surface area (Å²) in [6, 6.07) is 0.512. The molecule has 20 heavy (non-hydrogen) atoms. The number of hydrogen-bond acceptors (Lipinski definition) is 7. The van der Waals surface area contributed by atoms with E-state index >= 15 is 0 Å². The van der Waals surface area contributed by atoms with Gasteiger partial charge >= 0.3 is 6.01 Å². The lowest BCUT2D eigenvalue weighted by Crippen LogP contribution is -2.41. The Kier molecular flexibility index (Phi) is 4.94. The zero-order valence-electron chi connectivity index (χ0n) is 12.1. The summed E-state index contributed by atoms with van der Waals surface area (Å²) in [4.78, 5) is 14.7. The highest BCUT2D eigenvalue weighted by molar-refractivity contribution is 5.37. The Bertz CT molecular complexity index is 439. The predicted octanol–water partition coefficient (Wildman–Crippen LogP) is 0.982. The van der Waals surface area contributed by atoms with Gasteiger partial charge in [0.1, 0.15) is 0 Å². The maximum absolute atomic E-state index is 9.18. The van der Waals surface area contributed by atoms with Crippen LogP contribution in [0.1, 0.15) is 39.5 Å². The summed E-state index contributed by atoms with van der Waals surface area (Å²) in [5.74, 6) is 0.713. The van der Waals surface area contributed by atoms with E-state index in [-0.39, 0.29) is 30.7 Å². The number of anilines is 2. The molecule has 0 amide bonds. The normalized spacial score (nSPS) is 19.4. The molecule has 1 aliphatic heterocycles. The number of nitrogens with zero attached hydrogens (tertiary/aromatic N) is 4. The third kappa shape index (κ3) is 3.69. The maximum Gasteiger partial charge on any atom is 0.323 e. The lowest BCUT2D eigenvalue weighted by atomic mass is 10.0. The number of aliphatic hydroxyl groups is 1. The monoisotopic (exact) mass is 281 g/mol. The van der Waals surface area contributed by atoms with Crippen molar-refractivity contribution in [3.8, 4) is 6.01 Å². The Morgan fingerprint density at radius 2 is 2.15 bits per heavy atom. The molecule has 2 heterocycles. The Morgan fingerprint density at radius 3 is 2.85 bits per heavy atom. The molecule has 0 saturated carbocycles. The first-order valence-electron chi connectivity index (χ1n) is 7.16. The van der Waals surface area contributed by atoms with Crippen molar-refractivity contribution in [2.75, 3.05) is 23.8 Å². The van der Waals surface area contributed by atoms with Crippen molar-refractivity contribution >= 4 is 11.9 Å². The molecular formula is C13H23N5O2. The SMILES string of the molecule is CC(C)Oc1nc(N)nc(N2CCCCC2CCO)n1. The van der Waals surface area contributed by atoms with E-state index in [4.69, 9.17) is 10.5 Å². The van der Waals surface area contributed by atoms with Gasteiger partial charge in [-0.2, -0.15) is 15.0 Å². The second-order valence-electron chi connectivity index (χ2n) is 5.30. The van der Waals surface area contributed by atoms with Gasteiger partial charge in [0.05, 0.1) is 6.10 Å². The third-order valence-electron chi connectivity index (χ3n) is 3.31. The van der Waals surface area contributed by atoms with Gasteiger partial charge in [0.25, 0.3) is 0 Å². The first-order valence-corrected chi connectivity index (χ1v) is 7.16. The minimum atomic E-state index is -0.0146. The van der Waals surface area contributed by atoms with Crippen LogP contribution < -0.4 is 15.4 Å². The summed E-state index contributed by atoms with van der Waals surface area (Å²) in [5.41, 5.74) is 5.74. The molecule has 2 rings (SSSR count). The van der Waals surface area contributed by atoms with E-state index in [1.807, 2.05) is 13.8 Å². The van der Waals surface area contributed by atoms with Crippen molar-refractivity contribution in [3.05, 3.63) is 0 Å². The summed E-state index contributed by atoms with van der Waals surface area (Å²) in [7, 11) is 0. The van der Waals surface area contributed by atoms with E-state index in [1.165, 1.54) is 0 Å². The molecule has 1 atom stereocenters. The fourth-order valence-corrected chi connectivity index (χ4v) is 2.47. The number of piperidine rings is 1. The molecule has 3 N–H and O–H groups in total. The molecule has 0 radical (unpaired) electrons. The quantitative estimate of drug-likeness (QED) is 0.830. The van der Waals surface area contributed by atoms with Crippen LogP contribution in [0, 0.1) is 0 Å². The summed E-state index contributed by atoms with van der Waals surface area (Å²) in [6.07, 6.45) is 3.99.